The summed E-state index contributed by atoms with van der Waals surface area (Å²) in [5.41, 5.74) is 1.43. The summed E-state index contributed by atoms with van der Waals surface area (Å²) < 4.78 is 3.53. The lowest BCUT2D eigenvalue weighted by atomic mass is 10.1. The number of aromatic nitrogens is 2. The molecule has 0 spiro atoms. The summed E-state index contributed by atoms with van der Waals surface area (Å²) in [4.78, 5) is 26.8. The van der Waals surface area contributed by atoms with Gasteiger partial charge in [0.15, 0.2) is 0 Å². The first kappa shape index (κ1) is 14.6. The topological polar surface area (TPSA) is 47.2 Å². The number of hydrogen-bond donors (Lipinski definition) is 0. The van der Waals surface area contributed by atoms with Gasteiger partial charge in [-0.25, -0.2) is 4.68 Å². The van der Waals surface area contributed by atoms with Gasteiger partial charge in [-0.15, -0.1) is 0 Å². The minimum atomic E-state index is -0.121. The fraction of sp³-hybridized carbons (Fsp3) is 0.412. The number of amides is 1. The lowest BCUT2D eigenvalue weighted by Crippen LogP contribution is -2.47. The fourth-order valence-corrected chi connectivity index (χ4v) is 3.08. The van der Waals surface area contributed by atoms with E-state index in [9.17, 15) is 9.59 Å². The average molecular weight is 299 g/mol. The predicted molar refractivity (Wildman–Crippen MR) is 85.1 cm³/mol. The van der Waals surface area contributed by atoms with Gasteiger partial charge < -0.3 is 4.90 Å². The van der Waals surface area contributed by atoms with Crippen molar-refractivity contribution in [3.8, 4) is 0 Å². The van der Waals surface area contributed by atoms with Crippen molar-refractivity contribution < 1.29 is 4.79 Å². The number of hydrogen-bond acceptors (Lipinski definition) is 2. The predicted octanol–water partition coefficient (Wildman–Crippen LogP) is 2.12. The van der Waals surface area contributed by atoms with Crippen molar-refractivity contribution in [3.05, 3.63) is 58.0 Å². The van der Waals surface area contributed by atoms with Crippen molar-refractivity contribution >= 4 is 5.91 Å². The van der Waals surface area contributed by atoms with E-state index in [4.69, 9.17) is 0 Å². The first-order valence-corrected chi connectivity index (χ1v) is 7.66. The number of fused-ring (bicyclic) bond motifs is 1. The van der Waals surface area contributed by atoms with E-state index in [-0.39, 0.29) is 23.6 Å². The second kappa shape index (κ2) is 5.48. The van der Waals surface area contributed by atoms with Crippen LogP contribution in [0, 0.1) is 0 Å². The largest absolute Gasteiger partial charge is 0.333 e. The molecule has 3 rings (SSSR count). The third-order valence-electron chi connectivity index (χ3n) is 4.18. The van der Waals surface area contributed by atoms with Crippen LogP contribution in [0.5, 0.6) is 0 Å². The molecule has 0 aliphatic carbocycles. The Morgan fingerprint density at radius 1 is 1.18 bits per heavy atom. The number of carbonyl (C=O) groups excluding carboxylic acids is 1. The van der Waals surface area contributed by atoms with E-state index in [1.165, 1.54) is 6.07 Å². The third kappa shape index (κ3) is 2.36. The molecule has 5 heteroatoms. The summed E-state index contributed by atoms with van der Waals surface area (Å²) in [7, 11) is 0. The molecule has 0 saturated heterocycles. The highest BCUT2D eigenvalue weighted by atomic mass is 16.2. The summed E-state index contributed by atoms with van der Waals surface area (Å²) in [6.07, 6.45) is 0. The van der Waals surface area contributed by atoms with Crippen LogP contribution >= 0.6 is 0 Å². The van der Waals surface area contributed by atoms with Gasteiger partial charge in [0, 0.05) is 18.7 Å². The Kier molecular flexibility index (Phi) is 3.64. The standard InChI is InChI=1S/C17H21N3O2/c1-12(2)18-10-13(3)20-15(17(18)22)9-16(21)19(20)11-14-7-5-4-6-8-14/h4-9,12-13H,10-11H2,1-3H3. The van der Waals surface area contributed by atoms with Crippen LogP contribution in [-0.4, -0.2) is 32.8 Å². The van der Waals surface area contributed by atoms with E-state index in [1.54, 1.807) is 4.68 Å². The molecule has 1 atom stereocenters. The normalized spacial score (nSPS) is 17.9. The highest BCUT2D eigenvalue weighted by Crippen LogP contribution is 2.22. The molecule has 1 aromatic carbocycles. The monoisotopic (exact) mass is 299 g/mol. The molecule has 2 aromatic rings. The van der Waals surface area contributed by atoms with E-state index in [1.807, 2.05) is 60.7 Å². The Morgan fingerprint density at radius 3 is 2.50 bits per heavy atom. The zero-order valence-corrected chi connectivity index (χ0v) is 13.2. The lowest BCUT2D eigenvalue weighted by Gasteiger charge is -2.36. The average Bonchev–Trinajstić information content (AvgIpc) is 2.81. The maximum atomic E-state index is 12.6. The van der Waals surface area contributed by atoms with Crippen molar-refractivity contribution in [2.75, 3.05) is 6.54 Å². The first-order chi connectivity index (χ1) is 10.5. The number of nitrogens with zero attached hydrogens (tertiary/aromatic N) is 3. The second-order valence-electron chi connectivity index (χ2n) is 6.16. The summed E-state index contributed by atoms with van der Waals surface area (Å²) in [6.45, 7) is 7.16. The molecule has 1 aliphatic heterocycles. The molecule has 116 valence electrons. The first-order valence-electron chi connectivity index (χ1n) is 7.66. The zero-order chi connectivity index (χ0) is 15.9. The van der Waals surface area contributed by atoms with Crippen LogP contribution in [0.2, 0.25) is 0 Å². The van der Waals surface area contributed by atoms with Gasteiger partial charge in [0.25, 0.3) is 11.5 Å². The molecule has 0 radical (unpaired) electrons. The van der Waals surface area contributed by atoms with Crippen LogP contribution in [0.1, 0.15) is 42.9 Å². The Labute approximate surface area is 129 Å². The van der Waals surface area contributed by atoms with Crippen LogP contribution in [0.15, 0.2) is 41.2 Å². The molecule has 1 aliphatic rings. The van der Waals surface area contributed by atoms with Gasteiger partial charge in [-0.05, 0) is 26.3 Å². The van der Waals surface area contributed by atoms with Crippen molar-refractivity contribution in [1.82, 2.24) is 14.3 Å². The number of carbonyl (C=O) groups is 1. The van der Waals surface area contributed by atoms with Gasteiger partial charge in [-0.3, -0.25) is 14.3 Å². The summed E-state index contributed by atoms with van der Waals surface area (Å²) in [6, 6.07) is 11.5. The van der Waals surface area contributed by atoms with Gasteiger partial charge in [-0.1, -0.05) is 30.3 Å². The van der Waals surface area contributed by atoms with E-state index in [0.29, 0.717) is 18.8 Å². The maximum Gasteiger partial charge on any atom is 0.272 e. The van der Waals surface area contributed by atoms with Crippen LogP contribution in [-0.2, 0) is 6.54 Å². The molecule has 0 fully saturated rings. The smallest absolute Gasteiger partial charge is 0.272 e. The van der Waals surface area contributed by atoms with E-state index in [0.717, 1.165) is 5.56 Å². The third-order valence-corrected chi connectivity index (χ3v) is 4.18. The van der Waals surface area contributed by atoms with E-state index >= 15 is 0 Å². The van der Waals surface area contributed by atoms with E-state index < -0.39 is 0 Å². The molecule has 2 heterocycles. The highest BCUT2D eigenvalue weighted by molar-refractivity contribution is 5.93. The molecule has 0 saturated carbocycles. The molecule has 1 unspecified atom stereocenters. The van der Waals surface area contributed by atoms with Crippen LogP contribution in [0.4, 0.5) is 0 Å². The fourth-order valence-electron chi connectivity index (χ4n) is 3.08. The van der Waals surface area contributed by atoms with Crippen molar-refractivity contribution in [2.45, 2.75) is 39.4 Å². The molecular weight excluding hydrogens is 278 g/mol. The molecular formula is C17H21N3O2. The van der Waals surface area contributed by atoms with Crippen LogP contribution < -0.4 is 5.56 Å². The van der Waals surface area contributed by atoms with Crippen molar-refractivity contribution in [2.24, 2.45) is 0 Å². The van der Waals surface area contributed by atoms with Gasteiger partial charge in [-0.2, -0.15) is 0 Å². The Hall–Kier alpha value is -2.30. The lowest BCUT2D eigenvalue weighted by molar-refractivity contribution is 0.0591. The minimum absolute atomic E-state index is 0.0583. The number of benzene rings is 1. The molecule has 5 nitrogen and oxygen atoms in total. The molecule has 1 aromatic heterocycles. The summed E-state index contributed by atoms with van der Waals surface area (Å²) in [5.74, 6) is -0.0583. The van der Waals surface area contributed by atoms with Crippen LogP contribution in [0.25, 0.3) is 0 Å². The van der Waals surface area contributed by atoms with Gasteiger partial charge >= 0.3 is 0 Å². The van der Waals surface area contributed by atoms with Gasteiger partial charge in [0.05, 0.1) is 12.6 Å². The Balaban J connectivity index is 2.04. The zero-order valence-electron chi connectivity index (χ0n) is 13.2. The van der Waals surface area contributed by atoms with Crippen molar-refractivity contribution in [1.29, 1.82) is 0 Å². The molecule has 0 bridgehead atoms. The van der Waals surface area contributed by atoms with Crippen molar-refractivity contribution in [3.63, 3.8) is 0 Å². The van der Waals surface area contributed by atoms with E-state index in [2.05, 4.69) is 0 Å². The molecule has 22 heavy (non-hydrogen) atoms. The molecule has 0 N–H and O–H groups in total. The minimum Gasteiger partial charge on any atom is -0.333 e. The Morgan fingerprint density at radius 2 is 1.86 bits per heavy atom. The van der Waals surface area contributed by atoms with Gasteiger partial charge in [0.1, 0.15) is 5.69 Å². The second-order valence-corrected chi connectivity index (χ2v) is 6.16. The molecule has 1 amide bonds. The summed E-state index contributed by atoms with van der Waals surface area (Å²) >= 11 is 0. The highest BCUT2D eigenvalue weighted by Gasteiger charge is 2.33. The SMILES string of the molecule is CC(C)N1CC(C)n2c(cc(=O)n2Cc2ccccc2)C1=O. The quantitative estimate of drug-likeness (QED) is 0.871. The summed E-state index contributed by atoms with van der Waals surface area (Å²) in [5, 5.41) is 0. The van der Waals surface area contributed by atoms with Gasteiger partial charge in [0.2, 0.25) is 0 Å². The maximum absolute atomic E-state index is 12.6. The van der Waals surface area contributed by atoms with Crippen LogP contribution in [0.3, 0.4) is 0 Å². The Bertz CT molecular complexity index is 743. The number of rotatable bonds is 3.